The molecule has 1 aliphatic carbocycles. The normalized spacial score (nSPS) is 15.9. The van der Waals surface area contributed by atoms with Gasteiger partial charge in [-0.1, -0.05) is 0 Å². The van der Waals surface area contributed by atoms with Crippen molar-refractivity contribution in [2.75, 3.05) is 25.5 Å². The number of nitrogens with zero attached hydrogens (tertiary/aromatic N) is 3. The van der Waals surface area contributed by atoms with E-state index in [0.717, 1.165) is 24.9 Å². The first kappa shape index (κ1) is 9.40. The van der Waals surface area contributed by atoms with Gasteiger partial charge < -0.3 is 10.2 Å². The lowest BCUT2D eigenvalue weighted by molar-refractivity contribution is 0.337. The number of likely N-dealkylation sites (N-methyl/N-ethyl adjacent to an activating group) is 1. The van der Waals surface area contributed by atoms with Gasteiger partial charge in [0.25, 0.3) is 0 Å². The van der Waals surface area contributed by atoms with Crippen LogP contribution in [0.15, 0.2) is 18.6 Å². The van der Waals surface area contributed by atoms with Gasteiger partial charge in [0.15, 0.2) is 0 Å². The number of nitrogens with one attached hydrogen (secondary N) is 1. The second kappa shape index (κ2) is 4.37. The van der Waals surface area contributed by atoms with Crippen molar-refractivity contribution in [2.45, 2.75) is 18.9 Å². The molecule has 1 heterocycles. The number of anilines is 1. The summed E-state index contributed by atoms with van der Waals surface area (Å²) in [5, 5.41) is 3.27. The van der Waals surface area contributed by atoms with Gasteiger partial charge in [0.05, 0.1) is 0 Å². The van der Waals surface area contributed by atoms with E-state index in [-0.39, 0.29) is 0 Å². The van der Waals surface area contributed by atoms with E-state index < -0.39 is 0 Å². The van der Waals surface area contributed by atoms with Gasteiger partial charge in [0.1, 0.15) is 12.1 Å². The van der Waals surface area contributed by atoms with E-state index in [9.17, 15) is 0 Å². The zero-order chi connectivity index (χ0) is 9.80. The minimum absolute atomic E-state index is 0.835. The molecule has 4 heteroatoms. The van der Waals surface area contributed by atoms with E-state index in [2.05, 4.69) is 27.2 Å². The largest absolute Gasteiger partial charge is 0.369 e. The fourth-order valence-electron chi connectivity index (χ4n) is 1.45. The maximum atomic E-state index is 4.10. The Morgan fingerprint density at radius 3 is 3.07 bits per heavy atom. The molecule has 2 rings (SSSR count). The molecular weight excluding hydrogens is 176 g/mol. The summed E-state index contributed by atoms with van der Waals surface area (Å²) in [5.41, 5.74) is 0. The molecule has 0 amide bonds. The average molecular weight is 192 g/mol. The first-order valence-corrected chi connectivity index (χ1v) is 5.06. The van der Waals surface area contributed by atoms with Crippen LogP contribution in [0.5, 0.6) is 0 Å². The number of hydrogen-bond donors (Lipinski definition) is 1. The zero-order valence-electron chi connectivity index (χ0n) is 8.48. The van der Waals surface area contributed by atoms with E-state index in [1.54, 1.807) is 12.5 Å². The Balaban J connectivity index is 1.67. The first-order valence-electron chi connectivity index (χ1n) is 5.06. The van der Waals surface area contributed by atoms with Crippen molar-refractivity contribution in [3.63, 3.8) is 0 Å². The van der Waals surface area contributed by atoms with Crippen LogP contribution < -0.4 is 5.32 Å². The second-order valence-electron chi connectivity index (χ2n) is 3.73. The smallest absolute Gasteiger partial charge is 0.129 e. The van der Waals surface area contributed by atoms with E-state index in [0.29, 0.717) is 0 Å². The van der Waals surface area contributed by atoms with Crippen LogP contribution in [0.4, 0.5) is 5.82 Å². The Hall–Kier alpha value is -1.16. The van der Waals surface area contributed by atoms with Crippen molar-refractivity contribution in [3.8, 4) is 0 Å². The molecule has 0 saturated heterocycles. The highest BCUT2D eigenvalue weighted by Crippen LogP contribution is 2.24. The third kappa shape index (κ3) is 2.67. The molecule has 4 nitrogen and oxygen atoms in total. The fourth-order valence-corrected chi connectivity index (χ4v) is 1.45. The lowest BCUT2D eigenvalue weighted by Crippen LogP contribution is -2.27. The quantitative estimate of drug-likeness (QED) is 0.755. The van der Waals surface area contributed by atoms with Gasteiger partial charge >= 0.3 is 0 Å². The van der Waals surface area contributed by atoms with Gasteiger partial charge in [-0.05, 0) is 26.0 Å². The predicted molar refractivity (Wildman–Crippen MR) is 56.2 cm³/mol. The van der Waals surface area contributed by atoms with Gasteiger partial charge in [0.2, 0.25) is 0 Å². The summed E-state index contributed by atoms with van der Waals surface area (Å²) in [7, 11) is 2.18. The van der Waals surface area contributed by atoms with Gasteiger partial charge in [-0.3, -0.25) is 0 Å². The van der Waals surface area contributed by atoms with Crippen LogP contribution >= 0.6 is 0 Å². The highest BCUT2D eigenvalue weighted by molar-refractivity contribution is 5.31. The van der Waals surface area contributed by atoms with Gasteiger partial charge in [0, 0.05) is 25.3 Å². The Labute approximate surface area is 84.4 Å². The molecule has 0 spiro atoms. The third-order valence-corrected chi connectivity index (χ3v) is 2.52. The van der Waals surface area contributed by atoms with Gasteiger partial charge in [-0.2, -0.15) is 0 Å². The van der Waals surface area contributed by atoms with E-state index in [1.807, 2.05) is 6.07 Å². The lowest BCUT2D eigenvalue weighted by atomic mass is 10.5. The molecule has 1 aliphatic rings. The van der Waals surface area contributed by atoms with Crippen LogP contribution in [-0.4, -0.2) is 41.0 Å². The molecule has 1 aromatic rings. The molecule has 1 N–H and O–H groups in total. The van der Waals surface area contributed by atoms with Crippen molar-refractivity contribution in [1.82, 2.24) is 14.9 Å². The molecule has 0 aromatic carbocycles. The topological polar surface area (TPSA) is 41.0 Å². The maximum absolute atomic E-state index is 4.10. The Bertz CT molecular complexity index is 271. The van der Waals surface area contributed by atoms with Crippen LogP contribution in [0.3, 0.4) is 0 Å². The second-order valence-corrected chi connectivity index (χ2v) is 3.73. The summed E-state index contributed by atoms with van der Waals surface area (Å²) in [4.78, 5) is 10.4. The minimum Gasteiger partial charge on any atom is -0.369 e. The molecule has 0 aliphatic heterocycles. The highest BCUT2D eigenvalue weighted by Gasteiger charge is 2.25. The van der Waals surface area contributed by atoms with Gasteiger partial charge in [-0.15, -0.1) is 0 Å². The van der Waals surface area contributed by atoms with Crippen LogP contribution in [0, 0.1) is 0 Å². The van der Waals surface area contributed by atoms with Crippen molar-refractivity contribution < 1.29 is 0 Å². The molecular formula is C10H16N4. The molecule has 0 radical (unpaired) electrons. The number of aromatic nitrogens is 2. The molecule has 1 aromatic heterocycles. The Morgan fingerprint density at radius 1 is 1.57 bits per heavy atom. The first-order chi connectivity index (χ1) is 6.86. The fraction of sp³-hybridized carbons (Fsp3) is 0.600. The van der Waals surface area contributed by atoms with Crippen LogP contribution in [0.25, 0.3) is 0 Å². The minimum atomic E-state index is 0.835. The van der Waals surface area contributed by atoms with E-state index in [4.69, 9.17) is 0 Å². The standard InChI is InChI=1S/C10H16N4/c1-14(9-2-3-9)7-6-12-10-4-5-11-8-13-10/h4-5,8-9H,2-3,6-7H2,1H3,(H,11,12,13). The lowest BCUT2D eigenvalue weighted by Gasteiger charge is -2.15. The third-order valence-electron chi connectivity index (χ3n) is 2.52. The monoisotopic (exact) mass is 192 g/mol. The van der Waals surface area contributed by atoms with Crippen LogP contribution in [-0.2, 0) is 0 Å². The van der Waals surface area contributed by atoms with Crippen molar-refractivity contribution in [1.29, 1.82) is 0 Å². The summed E-state index contributed by atoms with van der Waals surface area (Å²) < 4.78 is 0. The summed E-state index contributed by atoms with van der Waals surface area (Å²) in [6, 6.07) is 2.72. The molecule has 0 bridgehead atoms. The summed E-state index contributed by atoms with van der Waals surface area (Å²) in [6.07, 6.45) is 6.04. The molecule has 14 heavy (non-hydrogen) atoms. The summed E-state index contributed by atoms with van der Waals surface area (Å²) in [6.45, 7) is 2.03. The van der Waals surface area contributed by atoms with Crippen LogP contribution in [0.1, 0.15) is 12.8 Å². The van der Waals surface area contributed by atoms with E-state index in [1.165, 1.54) is 12.8 Å². The summed E-state index contributed by atoms with van der Waals surface area (Å²) in [5.74, 6) is 0.907. The van der Waals surface area contributed by atoms with Gasteiger partial charge in [-0.25, -0.2) is 9.97 Å². The number of hydrogen-bond acceptors (Lipinski definition) is 4. The molecule has 76 valence electrons. The Morgan fingerprint density at radius 2 is 2.43 bits per heavy atom. The van der Waals surface area contributed by atoms with E-state index >= 15 is 0 Å². The highest BCUT2D eigenvalue weighted by atomic mass is 15.2. The van der Waals surface area contributed by atoms with Crippen molar-refractivity contribution in [3.05, 3.63) is 18.6 Å². The zero-order valence-corrected chi connectivity index (χ0v) is 8.48. The number of rotatable bonds is 5. The van der Waals surface area contributed by atoms with Crippen molar-refractivity contribution in [2.24, 2.45) is 0 Å². The predicted octanol–water partition coefficient (Wildman–Crippen LogP) is 0.983. The Kier molecular flexibility index (Phi) is 2.93. The molecule has 0 atom stereocenters. The molecule has 1 saturated carbocycles. The average Bonchev–Trinajstić information content (AvgIpc) is 3.02. The summed E-state index contributed by atoms with van der Waals surface area (Å²) >= 11 is 0. The SMILES string of the molecule is CN(CCNc1ccncn1)C1CC1. The molecule has 1 fully saturated rings. The maximum Gasteiger partial charge on any atom is 0.129 e. The molecule has 0 unspecified atom stereocenters. The van der Waals surface area contributed by atoms with Crippen molar-refractivity contribution >= 4 is 5.82 Å². The van der Waals surface area contributed by atoms with Crippen LogP contribution in [0.2, 0.25) is 0 Å².